The zero-order valence-electron chi connectivity index (χ0n) is 13.3. The van der Waals surface area contributed by atoms with Crippen LogP contribution in [-0.2, 0) is 0 Å². The van der Waals surface area contributed by atoms with Gasteiger partial charge in [-0.25, -0.2) is 0 Å². The van der Waals surface area contributed by atoms with Crippen LogP contribution in [0.25, 0.3) is 0 Å². The SMILES string of the molecule is CCC(CC)C(C)NC(C)c1cc(C)ccc1OC. The highest BCUT2D eigenvalue weighted by molar-refractivity contribution is 5.38. The minimum atomic E-state index is 0.311. The van der Waals surface area contributed by atoms with Crippen LogP contribution in [0.1, 0.15) is 57.7 Å². The molecule has 19 heavy (non-hydrogen) atoms. The van der Waals surface area contributed by atoms with Crippen molar-refractivity contribution in [2.24, 2.45) is 5.92 Å². The van der Waals surface area contributed by atoms with Gasteiger partial charge in [0.1, 0.15) is 5.75 Å². The molecule has 0 saturated heterocycles. The van der Waals surface area contributed by atoms with Gasteiger partial charge in [0.05, 0.1) is 7.11 Å². The standard InChI is InChI=1S/C17H29NO/c1-7-15(8-2)13(4)18-14(5)16-11-12(3)9-10-17(16)19-6/h9-11,13-15,18H,7-8H2,1-6H3. The second-order valence-corrected chi connectivity index (χ2v) is 5.50. The van der Waals surface area contributed by atoms with Crippen LogP contribution in [0.5, 0.6) is 5.75 Å². The largest absolute Gasteiger partial charge is 0.496 e. The quantitative estimate of drug-likeness (QED) is 0.783. The molecule has 0 aliphatic rings. The minimum absolute atomic E-state index is 0.311. The first-order valence-electron chi connectivity index (χ1n) is 7.44. The second kappa shape index (κ2) is 7.54. The number of rotatable bonds is 7. The van der Waals surface area contributed by atoms with Crippen LogP contribution in [0.4, 0.5) is 0 Å². The van der Waals surface area contributed by atoms with Crippen LogP contribution in [0, 0.1) is 12.8 Å². The summed E-state index contributed by atoms with van der Waals surface area (Å²) in [5, 5.41) is 3.72. The van der Waals surface area contributed by atoms with Crippen LogP contribution in [0.2, 0.25) is 0 Å². The monoisotopic (exact) mass is 263 g/mol. The molecule has 0 amide bonds. The van der Waals surface area contributed by atoms with E-state index in [4.69, 9.17) is 4.74 Å². The maximum atomic E-state index is 5.48. The molecule has 0 aliphatic carbocycles. The van der Waals surface area contributed by atoms with Gasteiger partial charge < -0.3 is 10.1 Å². The first-order chi connectivity index (χ1) is 9.03. The Labute approximate surface area is 118 Å². The third-order valence-corrected chi connectivity index (χ3v) is 4.12. The zero-order chi connectivity index (χ0) is 14.4. The van der Waals surface area contributed by atoms with E-state index in [-0.39, 0.29) is 0 Å². The Morgan fingerprint density at radius 3 is 2.32 bits per heavy atom. The van der Waals surface area contributed by atoms with Crippen molar-refractivity contribution in [2.75, 3.05) is 7.11 Å². The van der Waals surface area contributed by atoms with Crippen molar-refractivity contribution in [3.63, 3.8) is 0 Å². The van der Waals surface area contributed by atoms with E-state index >= 15 is 0 Å². The van der Waals surface area contributed by atoms with Gasteiger partial charge in [0.2, 0.25) is 0 Å². The molecule has 0 fully saturated rings. The third-order valence-electron chi connectivity index (χ3n) is 4.12. The van der Waals surface area contributed by atoms with E-state index in [0.717, 1.165) is 11.7 Å². The molecule has 0 aliphatic heterocycles. The molecule has 1 N–H and O–H groups in total. The van der Waals surface area contributed by atoms with E-state index in [1.807, 2.05) is 0 Å². The van der Waals surface area contributed by atoms with E-state index in [1.54, 1.807) is 7.11 Å². The van der Waals surface area contributed by atoms with Gasteiger partial charge in [0.15, 0.2) is 0 Å². The van der Waals surface area contributed by atoms with Crippen molar-refractivity contribution in [2.45, 2.75) is 59.5 Å². The van der Waals surface area contributed by atoms with Gasteiger partial charge >= 0.3 is 0 Å². The topological polar surface area (TPSA) is 21.3 Å². The summed E-state index contributed by atoms with van der Waals surface area (Å²) in [6.07, 6.45) is 2.45. The molecule has 1 rings (SSSR count). The second-order valence-electron chi connectivity index (χ2n) is 5.50. The molecule has 2 nitrogen and oxygen atoms in total. The molecule has 1 aromatic rings. The number of hydrogen-bond acceptors (Lipinski definition) is 2. The Bertz CT molecular complexity index is 385. The molecule has 0 saturated carbocycles. The van der Waals surface area contributed by atoms with Crippen LogP contribution in [0.3, 0.4) is 0 Å². The van der Waals surface area contributed by atoms with E-state index in [0.29, 0.717) is 12.1 Å². The van der Waals surface area contributed by atoms with E-state index in [2.05, 4.69) is 58.1 Å². The third kappa shape index (κ3) is 4.24. The number of benzene rings is 1. The van der Waals surface area contributed by atoms with Gasteiger partial charge in [-0.3, -0.25) is 0 Å². The zero-order valence-corrected chi connectivity index (χ0v) is 13.3. The summed E-state index contributed by atoms with van der Waals surface area (Å²) < 4.78 is 5.48. The summed E-state index contributed by atoms with van der Waals surface area (Å²) in [6.45, 7) is 11.2. The lowest BCUT2D eigenvalue weighted by molar-refractivity contribution is 0.324. The Morgan fingerprint density at radius 2 is 1.79 bits per heavy atom. The fraction of sp³-hybridized carbons (Fsp3) is 0.647. The molecule has 2 atom stereocenters. The fourth-order valence-electron chi connectivity index (χ4n) is 2.81. The first-order valence-corrected chi connectivity index (χ1v) is 7.44. The summed E-state index contributed by atoms with van der Waals surface area (Å²) in [6, 6.07) is 7.21. The van der Waals surface area contributed by atoms with Crippen molar-refractivity contribution in [1.29, 1.82) is 0 Å². The van der Waals surface area contributed by atoms with Gasteiger partial charge in [0, 0.05) is 17.6 Å². The van der Waals surface area contributed by atoms with Crippen LogP contribution < -0.4 is 10.1 Å². The highest BCUT2D eigenvalue weighted by Crippen LogP contribution is 2.27. The number of ether oxygens (including phenoxy) is 1. The Kier molecular flexibility index (Phi) is 6.36. The van der Waals surface area contributed by atoms with Gasteiger partial charge in [-0.1, -0.05) is 44.4 Å². The lowest BCUT2D eigenvalue weighted by Crippen LogP contribution is -2.35. The highest BCUT2D eigenvalue weighted by atomic mass is 16.5. The van der Waals surface area contributed by atoms with Gasteiger partial charge in [-0.05, 0) is 32.8 Å². The smallest absolute Gasteiger partial charge is 0.123 e. The highest BCUT2D eigenvalue weighted by Gasteiger charge is 2.18. The molecule has 1 aromatic carbocycles. The Balaban J connectivity index is 2.82. The molecular formula is C17H29NO. The molecule has 0 spiro atoms. The van der Waals surface area contributed by atoms with Crippen LogP contribution in [0.15, 0.2) is 18.2 Å². The number of nitrogens with one attached hydrogen (secondary N) is 1. The average molecular weight is 263 g/mol. The molecule has 2 heteroatoms. The minimum Gasteiger partial charge on any atom is -0.496 e. The molecule has 0 bridgehead atoms. The van der Waals surface area contributed by atoms with Crippen molar-refractivity contribution < 1.29 is 4.74 Å². The normalized spacial score (nSPS) is 14.5. The van der Waals surface area contributed by atoms with Crippen LogP contribution in [-0.4, -0.2) is 13.2 Å². The van der Waals surface area contributed by atoms with Crippen molar-refractivity contribution in [3.8, 4) is 5.75 Å². The number of hydrogen-bond donors (Lipinski definition) is 1. The molecule has 0 radical (unpaired) electrons. The van der Waals surface area contributed by atoms with Crippen molar-refractivity contribution in [3.05, 3.63) is 29.3 Å². The number of methoxy groups -OCH3 is 1. The van der Waals surface area contributed by atoms with E-state index < -0.39 is 0 Å². The summed E-state index contributed by atoms with van der Waals surface area (Å²) in [7, 11) is 1.74. The number of aryl methyl sites for hydroxylation is 1. The lowest BCUT2D eigenvalue weighted by atomic mass is 9.94. The first kappa shape index (κ1) is 16.0. The van der Waals surface area contributed by atoms with Crippen molar-refractivity contribution in [1.82, 2.24) is 5.32 Å². The molecule has 0 heterocycles. The maximum absolute atomic E-state index is 5.48. The van der Waals surface area contributed by atoms with Gasteiger partial charge in [0.25, 0.3) is 0 Å². The fourth-order valence-corrected chi connectivity index (χ4v) is 2.81. The molecule has 2 unspecified atom stereocenters. The Hall–Kier alpha value is -1.02. The predicted molar refractivity (Wildman–Crippen MR) is 82.8 cm³/mol. The predicted octanol–water partition coefficient (Wildman–Crippen LogP) is 4.48. The van der Waals surface area contributed by atoms with Gasteiger partial charge in [-0.15, -0.1) is 0 Å². The average Bonchev–Trinajstić information content (AvgIpc) is 2.40. The molecular weight excluding hydrogens is 234 g/mol. The van der Waals surface area contributed by atoms with E-state index in [1.165, 1.54) is 24.0 Å². The summed E-state index contributed by atoms with van der Waals surface area (Å²) in [5.74, 6) is 1.71. The molecule has 108 valence electrons. The van der Waals surface area contributed by atoms with E-state index in [9.17, 15) is 0 Å². The van der Waals surface area contributed by atoms with Crippen molar-refractivity contribution >= 4 is 0 Å². The molecule has 0 aromatic heterocycles. The summed E-state index contributed by atoms with van der Waals surface area (Å²) >= 11 is 0. The van der Waals surface area contributed by atoms with Gasteiger partial charge in [-0.2, -0.15) is 0 Å². The maximum Gasteiger partial charge on any atom is 0.123 e. The lowest BCUT2D eigenvalue weighted by Gasteiger charge is -2.27. The summed E-state index contributed by atoms with van der Waals surface area (Å²) in [5.41, 5.74) is 2.53. The summed E-state index contributed by atoms with van der Waals surface area (Å²) in [4.78, 5) is 0. The Morgan fingerprint density at radius 1 is 1.16 bits per heavy atom. The van der Waals surface area contributed by atoms with Crippen LogP contribution >= 0.6 is 0 Å².